The summed E-state index contributed by atoms with van der Waals surface area (Å²) in [5.41, 5.74) is 3.46. The molecular weight excluding hydrogens is 664 g/mol. The Bertz CT molecular complexity index is 1990. The number of ether oxygens (including phenoxy) is 1. The van der Waals surface area contributed by atoms with Gasteiger partial charge >= 0.3 is 12.3 Å². The van der Waals surface area contributed by atoms with Gasteiger partial charge in [-0.05, 0) is 94.0 Å². The molecule has 1 atom stereocenters. The first-order valence-electron chi connectivity index (χ1n) is 17.3. The molecule has 3 aliphatic carbocycles. The van der Waals surface area contributed by atoms with Crippen LogP contribution in [0.2, 0.25) is 0 Å². The fourth-order valence-electron chi connectivity index (χ4n) is 8.62. The predicted molar refractivity (Wildman–Crippen MR) is 188 cm³/mol. The Kier molecular flexibility index (Phi) is 8.37. The maximum absolute atomic E-state index is 13.0. The van der Waals surface area contributed by atoms with Gasteiger partial charge in [-0.25, -0.2) is 14.8 Å². The molecule has 3 saturated carbocycles. The van der Waals surface area contributed by atoms with Gasteiger partial charge in [-0.15, -0.1) is 11.3 Å². The summed E-state index contributed by atoms with van der Waals surface area (Å²) in [6.07, 6.45) is -0.531. The molecule has 1 saturated heterocycles. The number of halogens is 3. The van der Waals surface area contributed by atoms with Gasteiger partial charge in [-0.2, -0.15) is 18.4 Å². The number of thiophene rings is 1. The molecule has 4 fully saturated rings. The molecule has 2 bridgehead atoms. The number of anilines is 1. The molecule has 0 unspecified atom stereocenters. The Morgan fingerprint density at radius 2 is 1.88 bits per heavy atom. The normalized spacial score (nSPS) is 24.1. The number of likely N-dealkylation sites (tertiary alicyclic amines) is 1. The number of amides is 1. The predicted octanol–water partition coefficient (Wildman–Crippen LogP) is 8.04. The minimum absolute atomic E-state index is 0.0467. The van der Waals surface area contributed by atoms with E-state index in [9.17, 15) is 23.2 Å². The number of aryl methyl sites for hydroxylation is 1. The fourth-order valence-corrected chi connectivity index (χ4v) is 9.65. The molecule has 4 aromatic rings. The lowest BCUT2D eigenvalue weighted by atomic mass is 9.33. The van der Waals surface area contributed by atoms with Crippen LogP contribution in [0.25, 0.3) is 21.1 Å². The maximum atomic E-state index is 13.0. The van der Waals surface area contributed by atoms with Gasteiger partial charge in [-0.1, -0.05) is 13.0 Å². The molecule has 8 rings (SSSR count). The van der Waals surface area contributed by atoms with Crippen molar-refractivity contribution in [3.05, 3.63) is 52.3 Å². The third kappa shape index (κ3) is 6.08. The number of benzene rings is 1. The van der Waals surface area contributed by atoms with E-state index >= 15 is 0 Å². The first-order valence-corrected chi connectivity index (χ1v) is 18.1. The van der Waals surface area contributed by atoms with Crippen molar-refractivity contribution in [2.75, 3.05) is 25.5 Å². The summed E-state index contributed by atoms with van der Waals surface area (Å²) in [4.78, 5) is 26.5. The highest BCUT2D eigenvalue weighted by atomic mass is 32.1. The zero-order valence-electron chi connectivity index (χ0n) is 29.4. The van der Waals surface area contributed by atoms with Crippen LogP contribution >= 0.6 is 11.3 Å². The van der Waals surface area contributed by atoms with Crippen LogP contribution in [0.15, 0.2) is 30.6 Å². The van der Waals surface area contributed by atoms with E-state index in [0.29, 0.717) is 27.6 Å². The molecule has 1 N–H and O–H groups in total. The highest BCUT2D eigenvalue weighted by Crippen LogP contribution is 2.74. The number of hydrogen-bond donors (Lipinski definition) is 1. The van der Waals surface area contributed by atoms with Gasteiger partial charge in [0.2, 0.25) is 0 Å². The Labute approximate surface area is 294 Å². The molecule has 4 aliphatic rings. The molecule has 1 aromatic carbocycles. The number of nitrogens with zero attached hydrogens (tertiary/aromatic N) is 6. The molecule has 50 heavy (non-hydrogen) atoms. The van der Waals surface area contributed by atoms with E-state index in [1.54, 1.807) is 11.0 Å². The second-order valence-corrected chi connectivity index (χ2v) is 16.8. The third-order valence-corrected chi connectivity index (χ3v) is 12.6. The van der Waals surface area contributed by atoms with Crippen molar-refractivity contribution in [1.29, 1.82) is 5.26 Å². The number of aromatic nitrogens is 3. The van der Waals surface area contributed by atoms with Crippen LogP contribution in [0.1, 0.15) is 75.1 Å². The molecule has 4 heterocycles. The topological polar surface area (TPSA) is 99.3 Å². The number of hydrogen-bond acceptors (Lipinski definition) is 8. The lowest BCUT2D eigenvalue weighted by Gasteiger charge is -2.78. The van der Waals surface area contributed by atoms with Gasteiger partial charge in [-0.3, -0.25) is 4.90 Å². The lowest BCUT2D eigenvalue weighted by molar-refractivity contribution is -0.269. The summed E-state index contributed by atoms with van der Waals surface area (Å²) >= 11 is 1.06. The summed E-state index contributed by atoms with van der Waals surface area (Å²) in [5, 5.41) is 15.4. The highest BCUT2D eigenvalue weighted by molar-refractivity contribution is 7.18. The molecule has 13 heteroatoms. The monoisotopic (exact) mass is 707 g/mol. The van der Waals surface area contributed by atoms with E-state index in [-0.39, 0.29) is 28.0 Å². The second-order valence-electron chi connectivity index (χ2n) is 15.7. The number of carbonyl (C=O) groups excluding carboxylic acids is 1. The van der Waals surface area contributed by atoms with Crippen molar-refractivity contribution in [3.63, 3.8) is 0 Å². The smallest absolute Gasteiger partial charge is 0.410 e. The van der Waals surface area contributed by atoms with Crippen molar-refractivity contribution in [1.82, 2.24) is 24.3 Å². The quantitative estimate of drug-likeness (QED) is 0.198. The Balaban J connectivity index is 0.992. The Hall–Kier alpha value is -3.89. The standard InChI is InChI=1S/C37H44F3N7O2S/c1-22-24(17-46-11-9-25(10-12-46)44-31-29-14-27(15-37(38,39)40)50-32(29)43-21-42-31)7-8-30-28(22)13-26(16-41)47(30)20-35-18-36(19-35,23(35)2)45(6)33(48)49-34(3,4)5/h7-8,13-14,21,23,25H,9-12,15,17-20H2,1-6H3,(H,42,43,44)/t23-,35?,36?/m0/s1. The summed E-state index contributed by atoms with van der Waals surface area (Å²) in [6.45, 7) is 13.3. The minimum atomic E-state index is -4.26. The zero-order valence-corrected chi connectivity index (χ0v) is 30.3. The van der Waals surface area contributed by atoms with Crippen LogP contribution in [-0.4, -0.2) is 73.9 Å². The van der Waals surface area contributed by atoms with Crippen LogP contribution in [0, 0.1) is 29.6 Å². The zero-order chi connectivity index (χ0) is 35.8. The summed E-state index contributed by atoms with van der Waals surface area (Å²) < 4.78 is 46.8. The number of alkyl halides is 3. The molecule has 266 valence electrons. The molecule has 9 nitrogen and oxygen atoms in total. The van der Waals surface area contributed by atoms with E-state index in [0.717, 1.165) is 74.1 Å². The largest absolute Gasteiger partial charge is 0.444 e. The third-order valence-electron chi connectivity index (χ3n) is 11.5. The van der Waals surface area contributed by atoms with Gasteiger partial charge in [0.15, 0.2) is 0 Å². The average Bonchev–Trinajstić information content (AvgIpc) is 3.60. The lowest BCUT2D eigenvalue weighted by Crippen LogP contribution is -2.81. The Morgan fingerprint density at radius 3 is 2.52 bits per heavy atom. The summed E-state index contributed by atoms with van der Waals surface area (Å²) in [7, 11) is 1.85. The van der Waals surface area contributed by atoms with Crippen LogP contribution in [-0.2, 0) is 24.2 Å². The molecule has 0 spiro atoms. The van der Waals surface area contributed by atoms with E-state index < -0.39 is 18.2 Å². The van der Waals surface area contributed by atoms with E-state index in [2.05, 4.69) is 56.8 Å². The van der Waals surface area contributed by atoms with Gasteiger partial charge < -0.3 is 19.5 Å². The molecule has 1 aliphatic heterocycles. The van der Waals surface area contributed by atoms with E-state index in [1.165, 1.54) is 17.5 Å². The number of piperidine rings is 1. The first kappa shape index (κ1) is 34.6. The summed E-state index contributed by atoms with van der Waals surface area (Å²) in [5.74, 6) is 0.891. The van der Waals surface area contributed by atoms with Crippen LogP contribution < -0.4 is 5.32 Å². The van der Waals surface area contributed by atoms with Crippen LogP contribution in [0.5, 0.6) is 0 Å². The van der Waals surface area contributed by atoms with Crippen LogP contribution in [0.3, 0.4) is 0 Å². The van der Waals surface area contributed by atoms with Crippen molar-refractivity contribution < 1.29 is 22.7 Å². The number of fused-ring (bicyclic) bond motifs is 2. The number of rotatable bonds is 8. The Morgan fingerprint density at radius 1 is 1.16 bits per heavy atom. The van der Waals surface area contributed by atoms with Crippen molar-refractivity contribution in [3.8, 4) is 6.07 Å². The van der Waals surface area contributed by atoms with E-state index in [1.807, 2.05) is 33.9 Å². The number of carbonyl (C=O) groups is 1. The van der Waals surface area contributed by atoms with Gasteiger partial charge in [0.25, 0.3) is 0 Å². The molecular formula is C37H44F3N7O2S. The minimum Gasteiger partial charge on any atom is -0.444 e. The van der Waals surface area contributed by atoms with Crippen LogP contribution in [0.4, 0.5) is 23.8 Å². The first-order chi connectivity index (χ1) is 23.5. The van der Waals surface area contributed by atoms with Gasteiger partial charge in [0.05, 0.1) is 17.3 Å². The molecule has 0 radical (unpaired) electrons. The van der Waals surface area contributed by atoms with E-state index in [4.69, 9.17) is 4.74 Å². The average molecular weight is 708 g/mol. The SMILES string of the molecule is Cc1c(CN2CCC(Nc3ncnc4sc(CC(F)(F)F)cc34)CC2)ccc2c1cc(C#N)n2CC12CC(N(C)C(=O)OC(C)(C)C)(C1)[C@H]2C. The van der Waals surface area contributed by atoms with Crippen molar-refractivity contribution in [2.45, 2.75) is 103 Å². The van der Waals surface area contributed by atoms with Crippen molar-refractivity contribution in [2.24, 2.45) is 11.3 Å². The molecule has 3 aromatic heterocycles. The van der Waals surface area contributed by atoms with Gasteiger partial charge in [0, 0.05) is 55.0 Å². The highest BCUT2D eigenvalue weighted by Gasteiger charge is 2.76. The molecule has 1 amide bonds. The van der Waals surface area contributed by atoms with Crippen molar-refractivity contribution >= 4 is 44.4 Å². The number of nitriles is 1. The van der Waals surface area contributed by atoms with Gasteiger partial charge in [0.1, 0.15) is 34.3 Å². The second kappa shape index (κ2) is 12.1. The number of nitrogens with one attached hydrogen (secondary N) is 1. The maximum Gasteiger partial charge on any atom is 0.410 e. The fraction of sp³-hybridized carbons (Fsp3) is 0.568. The summed E-state index contributed by atoms with van der Waals surface area (Å²) in [6, 6.07) is 10.5.